The molecule has 0 bridgehead atoms. The van der Waals surface area contributed by atoms with Gasteiger partial charge < -0.3 is 15.5 Å². The minimum absolute atomic E-state index is 0.0177. The predicted octanol–water partition coefficient (Wildman–Crippen LogP) is 3.25. The maximum absolute atomic E-state index is 12.9. The fraction of sp³-hybridized carbons (Fsp3) is 0.609. The molecule has 6 nitrogen and oxygen atoms in total. The minimum atomic E-state index is -0.335. The molecule has 1 aliphatic carbocycles. The molecule has 6 atom stereocenters. The van der Waals surface area contributed by atoms with Crippen molar-refractivity contribution in [3.63, 3.8) is 0 Å². The first-order valence-electron chi connectivity index (χ1n) is 11.0. The lowest BCUT2D eigenvalue weighted by molar-refractivity contribution is -0.133. The summed E-state index contributed by atoms with van der Waals surface area (Å²) in [7, 11) is 0. The van der Waals surface area contributed by atoms with E-state index >= 15 is 0 Å². The van der Waals surface area contributed by atoms with Gasteiger partial charge in [0, 0.05) is 41.1 Å². The predicted molar refractivity (Wildman–Crippen MR) is 119 cm³/mol. The van der Waals surface area contributed by atoms with Gasteiger partial charge in [-0.1, -0.05) is 35.8 Å². The second-order valence-electron chi connectivity index (χ2n) is 9.06. The second kappa shape index (κ2) is 8.69. The van der Waals surface area contributed by atoms with Crippen molar-refractivity contribution in [1.82, 2.24) is 10.6 Å². The largest absolute Gasteiger partial charge is 0.353 e. The molecule has 0 aromatic heterocycles. The molecule has 3 aliphatic rings. The number of anilines is 1. The zero-order valence-electron chi connectivity index (χ0n) is 17.6. The number of piperidine rings is 1. The van der Waals surface area contributed by atoms with Gasteiger partial charge in [0.15, 0.2) is 0 Å². The van der Waals surface area contributed by atoms with Crippen LogP contribution in [-0.2, 0) is 14.4 Å². The van der Waals surface area contributed by atoms with Gasteiger partial charge in [-0.3, -0.25) is 14.4 Å². The van der Waals surface area contributed by atoms with Crippen molar-refractivity contribution in [2.75, 3.05) is 11.4 Å². The summed E-state index contributed by atoms with van der Waals surface area (Å²) >= 11 is 3.44. The average molecular weight is 476 g/mol. The lowest BCUT2D eigenvalue weighted by atomic mass is 9.67. The molecule has 2 heterocycles. The first kappa shape index (κ1) is 21.3. The van der Waals surface area contributed by atoms with Crippen molar-refractivity contribution < 1.29 is 14.4 Å². The van der Waals surface area contributed by atoms with E-state index < -0.39 is 0 Å². The quantitative estimate of drug-likeness (QED) is 0.701. The number of hydrogen-bond donors (Lipinski definition) is 2. The molecule has 6 unspecified atom stereocenters. The summed E-state index contributed by atoms with van der Waals surface area (Å²) in [6, 6.07) is 7.79. The van der Waals surface area contributed by atoms with Crippen LogP contribution in [0.1, 0.15) is 46.0 Å². The third-order valence-electron chi connectivity index (χ3n) is 7.28. The van der Waals surface area contributed by atoms with Crippen molar-refractivity contribution in [3.05, 3.63) is 28.7 Å². The van der Waals surface area contributed by atoms with Crippen LogP contribution in [0.25, 0.3) is 0 Å². The zero-order chi connectivity index (χ0) is 21.4. The van der Waals surface area contributed by atoms with E-state index in [9.17, 15) is 14.4 Å². The van der Waals surface area contributed by atoms with Crippen molar-refractivity contribution in [3.8, 4) is 0 Å². The summed E-state index contributed by atoms with van der Waals surface area (Å²) in [4.78, 5) is 39.5. The molecule has 1 aromatic rings. The minimum Gasteiger partial charge on any atom is -0.353 e. The number of halogens is 1. The molecule has 0 spiro atoms. The van der Waals surface area contributed by atoms with Crippen LogP contribution in [0.5, 0.6) is 0 Å². The Labute approximate surface area is 186 Å². The SMILES string of the molecule is CCC1C(=O)NC2CC(NC(=O)C3CC(=O)N(c4cccc(Br)c4)C3)CCC2C1C. The molecular formula is C23H30BrN3O3. The fourth-order valence-electron chi connectivity index (χ4n) is 5.60. The van der Waals surface area contributed by atoms with Gasteiger partial charge >= 0.3 is 0 Å². The lowest BCUT2D eigenvalue weighted by Crippen LogP contribution is -2.58. The second-order valence-corrected chi connectivity index (χ2v) is 9.97. The summed E-state index contributed by atoms with van der Waals surface area (Å²) in [6.07, 6.45) is 3.84. The van der Waals surface area contributed by atoms with Crippen LogP contribution in [-0.4, -0.2) is 36.3 Å². The highest BCUT2D eigenvalue weighted by Crippen LogP contribution is 2.39. The number of fused-ring (bicyclic) bond motifs is 1. The van der Waals surface area contributed by atoms with Crippen LogP contribution in [0.4, 0.5) is 5.69 Å². The number of carbonyl (C=O) groups excluding carboxylic acids is 3. The van der Waals surface area contributed by atoms with Crippen molar-refractivity contribution in [2.24, 2.45) is 23.7 Å². The molecule has 7 heteroatoms. The third kappa shape index (κ3) is 4.13. The van der Waals surface area contributed by atoms with E-state index in [-0.39, 0.29) is 48.1 Å². The topological polar surface area (TPSA) is 78.5 Å². The van der Waals surface area contributed by atoms with Gasteiger partial charge in [0.05, 0.1) is 5.92 Å². The number of nitrogens with zero attached hydrogens (tertiary/aromatic N) is 1. The molecule has 2 aliphatic heterocycles. The molecule has 4 rings (SSSR count). The number of rotatable bonds is 4. The molecular weight excluding hydrogens is 446 g/mol. The van der Waals surface area contributed by atoms with Crippen LogP contribution >= 0.6 is 15.9 Å². The Morgan fingerprint density at radius 2 is 2.10 bits per heavy atom. The summed E-state index contributed by atoms with van der Waals surface area (Å²) in [5.74, 6) is 0.730. The number of nitrogens with one attached hydrogen (secondary N) is 2. The number of carbonyl (C=O) groups is 3. The number of amides is 3. The Morgan fingerprint density at radius 1 is 1.30 bits per heavy atom. The highest BCUT2D eigenvalue weighted by atomic mass is 79.9. The molecule has 162 valence electrons. The Bertz CT molecular complexity index is 845. The van der Waals surface area contributed by atoms with E-state index in [4.69, 9.17) is 0 Å². The normalized spacial score (nSPS) is 33.8. The summed E-state index contributed by atoms with van der Waals surface area (Å²) in [6.45, 7) is 4.68. The van der Waals surface area contributed by atoms with Gasteiger partial charge in [-0.05, 0) is 55.7 Å². The van der Waals surface area contributed by atoms with Crippen LogP contribution < -0.4 is 15.5 Å². The lowest BCUT2D eigenvalue weighted by Gasteiger charge is -2.46. The molecule has 3 amide bonds. The number of hydrogen-bond acceptors (Lipinski definition) is 3. The van der Waals surface area contributed by atoms with E-state index in [0.29, 0.717) is 18.4 Å². The van der Waals surface area contributed by atoms with Gasteiger partial charge in [0.2, 0.25) is 17.7 Å². The molecule has 3 fully saturated rings. The zero-order valence-corrected chi connectivity index (χ0v) is 19.2. The van der Waals surface area contributed by atoms with E-state index in [0.717, 1.165) is 35.8 Å². The molecule has 30 heavy (non-hydrogen) atoms. The molecule has 1 aromatic carbocycles. The Morgan fingerprint density at radius 3 is 2.83 bits per heavy atom. The summed E-state index contributed by atoms with van der Waals surface area (Å²) < 4.78 is 0.909. The summed E-state index contributed by atoms with van der Waals surface area (Å²) in [5, 5.41) is 6.38. The van der Waals surface area contributed by atoms with E-state index in [1.165, 1.54) is 0 Å². The summed E-state index contributed by atoms with van der Waals surface area (Å²) in [5.41, 5.74) is 0.814. The molecule has 0 radical (unpaired) electrons. The first-order chi connectivity index (χ1) is 14.4. The van der Waals surface area contributed by atoms with Crippen molar-refractivity contribution >= 4 is 39.3 Å². The van der Waals surface area contributed by atoms with Gasteiger partial charge in [0.1, 0.15) is 0 Å². The molecule has 2 saturated heterocycles. The van der Waals surface area contributed by atoms with E-state index in [2.05, 4.69) is 40.4 Å². The first-order valence-corrected chi connectivity index (χ1v) is 11.8. The fourth-order valence-corrected chi connectivity index (χ4v) is 5.99. The average Bonchev–Trinajstić information content (AvgIpc) is 3.10. The van der Waals surface area contributed by atoms with Crippen molar-refractivity contribution in [2.45, 2.75) is 58.0 Å². The highest BCUT2D eigenvalue weighted by molar-refractivity contribution is 9.10. The third-order valence-corrected chi connectivity index (χ3v) is 7.77. The highest BCUT2D eigenvalue weighted by Gasteiger charge is 2.44. The smallest absolute Gasteiger partial charge is 0.227 e. The van der Waals surface area contributed by atoms with Gasteiger partial charge in [-0.15, -0.1) is 0 Å². The molecule has 2 N–H and O–H groups in total. The van der Waals surface area contributed by atoms with Gasteiger partial charge in [-0.2, -0.15) is 0 Å². The van der Waals surface area contributed by atoms with E-state index in [1.807, 2.05) is 24.3 Å². The van der Waals surface area contributed by atoms with Crippen LogP contribution in [0, 0.1) is 23.7 Å². The maximum atomic E-state index is 12.9. The van der Waals surface area contributed by atoms with Gasteiger partial charge in [0.25, 0.3) is 0 Å². The maximum Gasteiger partial charge on any atom is 0.227 e. The Hall–Kier alpha value is -1.89. The van der Waals surface area contributed by atoms with Crippen LogP contribution in [0.3, 0.4) is 0 Å². The van der Waals surface area contributed by atoms with Crippen LogP contribution in [0.2, 0.25) is 0 Å². The standard InChI is InChI=1S/C23H30BrN3O3/c1-3-18-13(2)19-8-7-16(11-20(19)26-23(18)30)25-22(29)14-9-21(28)27(12-14)17-6-4-5-15(24)10-17/h4-6,10,13-14,16,18-20H,3,7-9,11-12H2,1-2H3,(H,25,29)(H,26,30). The van der Waals surface area contributed by atoms with E-state index in [1.54, 1.807) is 4.90 Å². The van der Waals surface area contributed by atoms with Crippen molar-refractivity contribution in [1.29, 1.82) is 0 Å². The Balaban J connectivity index is 1.35. The Kier molecular flexibility index (Phi) is 6.19. The van der Waals surface area contributed by atoms with Crippen LogP contribution in [0.15, 0.2) is 28.7 Å². The number of benzene rings is 1. The monoisotopic (exact) mass is 475 g/mol. The van der Waals surface area contributed by atoms with Gasteiger partial charge in [-0.25, -0.2) is 0 Å². The molecule has 1 saturated carbocycles.